The van der Waals surface area contributed by atoms with Crippen LogP contribution in [-0.4, -0.2) is 18.6 Å². The third kappa shape index (κ3) is 2.42. The van der Waals surface area contributed by atoms with E-state index in [-0.39, 0.29) is 11.4 Å². The van der Waals surface area contributed by atoms with E-state index in [1.807, 2.05) is 0 Å². The number of benzene rings is 1. The normalized spacial score (nSPS) is 16.8. The van der Waals surface area contributed by atoms with Gasteiger partial charge in [0.1, 0.15) is 5.75 Å². The Hall–Kier alpha value is -1.71. The van der Waals surface area contributed by atoms with Crippen molar-refractivity contribution in [3.8, 4) is 5.75 Å². The van der Waals surface area contributed by atoms with Gasteiger partial charge in [0.25, 0.3) is 5.91 Å². The Balaban J connectivity index is 2.15. The summed E-state index contributed by atoms with van der Waals surface area (Å²) in [6.45, 7) is 2.11. The molecule has 3 N–H and O–H groups in total. The quantitative estimate of drug-likeness (QED) is 0.804. The molecule has 0 saturated heterocycles. The van der Waals surface area contributed by atoms with Crippen LogP contribution in [0.1, 0.15) is 43.0 Å². The molecule has 1 aromatic carbocycles. The van der Waals surface area contributed by atoms with Gasteiger partial charge in [-0.2, -0.15) is 0 Å². The van der Waals surface area contributed by atoms with Crippen molar-refractivity contribution < 1.29 is 9.53 Å². The molecule has 1 amide bonds. The minimum Gasteiger partial charge on any atom is -0.497 e. The summed E-state index contributed by atoms with van der Waals surface area (Å²) in [5, 5.41) is 3.12. The summed E-state index contributed by atoms with van der Waals surface area (Å²) in [5.74, 6) is 0.543. The summed E-state index contributed by atoms with van der Waals surface area (Å²) in [4.78, 5) is 12.2. The molecule has 0 bridgehead atoms. The molecule has 0 radical (unpaired) electrons. The molecule has 0 aromatic heterocycles. The molecule has 0 aliphatic heterocycles. The predicted octanol–water partition coefficient (Wildman–Crippen LogP) is 2.34. The average molecular weight is 248 g/mol. The number of anilines is 1. The topological polar surface area (TPSA) is 64.4 Å². The fourth-order valence-electron chi connectivity index (χ4n) is 2.35. The minimum atomic E-state index is -0.0675. The van der Waals surface area contributed by atoms with Crippen LogP contribution in [0.4, 0.5) is 5.69 Å². The number of carbonyl (C=O) groups excluding carboxylic acids is 1. The van der Waals surface area contributed by atoms with Gasteiger partial charge < -0.3 is 15.8 Å². The second kappa shape index (κ2) is 4.88. The first-order valence-electron chi connectivity index (χ1n) is 6.35. The molecule has 4 heteroatoms. The maximum atomic E-state index is 12.2. The van der Waals surface area contributed by atoms with E-state index in [1.54, 1.807) is 25.3 Å². The number of carbonyl (C=O) groups is 1. The van der Waals surface area contributed by atoms with E-state index in [0.717, 1.165) is 19.3 Å². The molecule has 0 heterocycles. The third-order valence-electron chi connectivity index (χ3n) is 3.79. The Labute approximate surface area is 108 Å². The van der Waals surface area contributed by atoms with E-state index in [2.05, 4.69) is 12.2 Å². The summed E-state index contributed by atoms with van der Waals surface area (Å²) >= 11 is 0. The van der Waals surface area contributed by atoms with Gasteiger partial charge in [-0.25, -0.2) is 0 Å². The van der Waals surface area contributed by atoms with Gasteiger partial charge in [-0.3, -0.25) is 4.79 Å². The Bertz CT molecular complexity index is 448. The van der Waals surface area contributed by atoms with Crippen molar-refractivity contribution in [1.29, 1.82) is 0 Å². The number of nitrogens with one attached hydrogen (secondary N) is 1. The first-order chi connectivity index (χ1) is 8.58. The van der Waals surface area contributed by atoms with Crippen LogP contribution in [-0.2, 0) is 0 Å². The van der Waals surface area contributed by atoms with Gasteiger partial charge in [-0.05, 0) is 37.8 Å². The molecule has 18 heavy (non-hydrogen) atoms. The fraction of sp³-hybridized carbons (Fsp3) is 0.500. The number of methoxy groups -OCH3 is 1. The molecule has 2 rings (SSSR count). The van der Waals surface area contributed by atoms with E-state index >= 15 is 0 Å². The number of rotatable bonds is 4. The van der Waals surface area contributed by atoms with Crippen molar-refractivity contribution in [1.82, 2.24) is 5.32 Å². The fourth-order valence-corrected chi connectivity index (χ4v) is 2.35. The van der Waals surface area contributed by atoms with Crippen LogP contribution < -0.4 is 15.8 Å². The monoisotopic (exact) mass is 248 g/mol. The van der Waals surface area contributed by atoms with Crippen LogP contribution in [0, 0.1) is 0 Å². The number of hydrogen-bond acceptors (Lipinski definition) is 3. The number of amides is 1. The molecule has 0 unspecified atom stereocenters. The Kier molecular flexibility index (Phi) is 3.45. The van der Waals surface area contributed by atoms with E-state index < -0.39 is 0 Å². The highest BCUT2D eigenvalue weighted by Crippen LogP contribution is 2.35. The van der Waals surface area contributed by atoms with Crippen molar-refractivity contribution in [3.63, 3.8) is 0 Å². The molecule has 0 spiro atoms. The van der Waals surface area contributed by atoms with Crippen LogP contribution in [0.25, 0.3) is 0 Å². The SMILES string of the molecule is CCC1(NC(=O)c2cc(N)cc(OC)c2)CCC1. The van der Waals surface area contributed by atoms with Crippen molar-refractivity contribution in [2.45, 2.75) is 38.1 Å². The highest BCUT2D eigenvalue weighted by Gasteiger charge is 2.36. The van der Waals surface area contributed by atoms with Crippen LogP contribution in [0.15, 0.2) is 18.2 Å². The van der Waals surface area contributed by atoms with E-state index in [0.29, 0.717) is 17.0 Å². The van der Waals surface area contributed by atoms with Gasteiger partial charge in [0.2, 0.25) is 0 Å². The zero-order valence-corrected chi connectivity index (χ0v) is 11.0. The van der Waals surface area contributed by atoms with Gasteiger partial charge in [-0.1, -0.05) is 6.92 Å². The lowest BCUT2D eigenvalue weighted by Crippen LogP contribution is -2.52. The molecule has 1 fully saturated rings. The van der Waals surface area contributed by atoms with E-state index in [4.69, 9.17) is 10.5 Å². The van der Waals surface area contributed by atoms with Gasteiger partial charge in [0.05, 0.1) is 7.11 Å². The summed E-state index contributed by atoms with van der Waals surface area (Å²) in [6, 6.07) is 5.10. The number of hydrogen-bond donors (Lipinski definition) is 2. The molecule has 1 aliphatic rings. The second-order valence-corrected chi connectivity index (χ2v) is 4.94. The average Bonchev–Trinajstić information content (AvgIpc) is 2.32. The van der Waals surface area contributed by atoms with Crippen molar-refractivity contribution in [2.75, 3.05) is 12.8 Å². The lowest BCUT2D eigenvalue weighted by atomic mass is 9.74. The first-order valence-corrected chi connectivity index (χ1v) is 6.35. The summed E-state index contributed by atoms with van der Waals surface area (Å²) in [6.07, 6.45) is 4.29. The lowest BCUT2D eigenvalue weighted by Gasteiger charge is -2.42. The molecule has 1 aromatic rings. The predicted molar refractivity (Wildman–Crippen MR) is 71.7 cm³/mol. The van der Waals surface area contributed by atoms with Crippen molar-refractivity contribution >= 4 is 11.6 Å². The van der Waals surface area contributed by atoms with Gasteiger partial charge in [0, 0.05) is 22.9 Å². The summed E-state index contributed by atoms with van der Waals surface area (Å²) in [5.41, 5.74) is 6.85. The molecule has 98 valence electrons. The number of nitrogens with two attached hydrogens (primary N) is 1. The smallest absolute Gasteiger partial charge is 0.251 e. The van der Waals surface area contributed by atoms with Crippen LogP contribution in [0.2, 0.25) is 0 Å². The van der Waals surface area contributed by atoms with Crippen LogP contribution >= 0.6 is 0 Å². The molecule has 1 saturated carbocycles. The lowest BCUT2D eigenvalue weighted by molar-refractivity contribution is 0.0820. The summed E-state index contributed by atoms with van der Waals surface area (Å²) < 4.78 is 5.12. The number of nitrogen functional groups attached to an aromatic ring is 1. The standard InChI is InChI=1S/C14H20N2O2/c1-3-14(5-4-6-14)16-13(17)10-7-11(15)9-12(8-10)18-2/h7-9H,3-6,15H2,1-2H3,(H,16,17). The van der Waals surface area contributed by atoms with Crippen molar-refractivity contribution in [2.24, 2.45) is 0 Å². The van der Waals surface area contributed by atoms with Crippen molar-refractivity contribution in [3.05, 3.63) is 23.8 Å². The molecule has 0 atom stereocenters. The maximum Gasteiger partial charge on any atom is 0.251 e. The highest BCUT2D eigenvalue weighted by atomic mass is 16.5. The van der Waals surface area contributed by atoms with Gasteiger partial charge >= 0.3 is 0 Å². The Morgan fingerprint density at radius 1 is 1.44 bits per heavy atom. The van der Waals surface area contributed by atoms with Gasteiger partial charge in [-0.15, -0.1) is 0 Å². The van der Waals surface area contributed by atoms with E-state index in [9.17, 15) is 4.79 Å². The number of ether oxygens (including phenoxy) is 1. The molecular formula is C14H20N2O2. The van der Waals surface area contributed by atoms with E-state index in [1.165, 1.54) is 6.42 Å². The minimum absolute atomic E-state index is 0.00504. The first kappa shape index (κ1) is 12.7. The summed E-state index contributed by atoms with van der Waals surface area (Å²) in [7, 11) is 1.57. The maximum absolute atomic E-state index is 12.2. The Morgan fingerprint density at radius 2 is 2.17 bits per heavy atom. The third-order valence-corrected chi connectivity index (χ3v) is 3.79. The Morgan fingerprint density at radius 3 is 2.67 bits per heavy atom. The zero-order valence-electron chi connectivity index (χ0n) is 11.0. The molecule has 4 nitrogen and oxygen atoms in total. The second-order valence-electron chi connectivity index (χ2n) is 4.94. The zero-order chi connectivity index (χ0) is 13.2. The van der Waals surface area contributed by atoms with Crippen LogP contribution in [0.5, 0.6) is 5.75 Å². The molecular weight excluding hydrogens is 228 g/mol. The largest absolute Gasteiger partial charge is 0.497 e. The molecule has 1 aliphatic carbocycles. The van der Waals surface area contributed by atoms with Gasteiger partial charge in [0.15, 0.2) is 0 Å². The highest BCUT2D eigenvalue weighted by molar-refractivity contribution is 5.96. The van der Waals surface area contributed by atoms with Crippen LogP contribution in [0.3, 0.4) is 0 Å².